The molecule has 1 rings (SSSR count). The Morgan fingerprint density at radius 1 is 1.64 bits per heavy atom. The molecule has 0 aliphatic carbocycles. The fraction of sp³-hybridized carbons (Fsp3) is 0. The molecule has 0 saturated carbocycles. The molecule has 1 aromatic heterocycles. The molecule has 0 bridgehead atoms. The summed E-state index contributed by atoms with van der Waals surface area (Å²) in [7, 11) is 0. The molecule has 3 N–H and O–H groups in total. The van der Waals surface area contributed by atoms with Gasteiger partial charge in [-0.05, 0) is 0 Å². The number of aliphatic hydroxyl groups is 1. The topological polar surface area (TPSA) is 123 Å². The van der Waals surface area contributed by atoms with Crippen molar-refractivity contribution >= 4 is 0 Å². The first-order valence-corrected chi connectivity index (χ1v) is 2.38. The second kappa shape index (κ2) is 4.75. The van der Waals surface area contributed by atoms with Crippen LogP contribution in [-0.4, -0.2) is 20.1 Å². The Hall–Kier alpha value is -2.10. The quantitative estimate of drug-likeness (QED) is 0.386. The molecular weight excluding hydrogens is 152 g/mol. The molecule has 58 valence electrons. The van der Waals surface area contributed by atoms with Gasteiger partial charge in [0.15, 0.2) is 0 Å². The standard InChI is InChI=1S/C3H3N3O2.CHNO/c7-2-4-1-5-3(8)6-2;2-1-3/h1H,(H2,4,5,6,7,8);3H. The van der Waals surface area contributed by atoms with Crippen LogP contribution >= 0.6 is 0 Å². The van der Waals surface area contributed by atoms with Gasteiger partial charge in [-0.3, -0.25) is 9.97 Å². The van der Waals surface area contributed by atoms with Crippen LogP contribution in [0.4, 0.5) is 0 Å². The summed E-state index contributed by atoms with van der Waals surface area (Å²) in [4.78, 5) is 27.5. The first kappa shape index (κ1) is 8.90. The zero-order valence-electron chi connectivity index (χ0n) is 5.24. The van der Waals surface area contributed by atoms with Crippen molar-refractivity contribution in [2.75, 3.05) is 0 Å². The van der Waals surface area contributed by atoms with Crippen molar-refractivity contribution in [2.45, 2.75) is 0 Å². The number of hydrogen-bond acceptors (Lipinski definition) is 5. The normalized spacial score (nSPS) is 7.18. The number of aromatic amines is 2. The maximum atomic E-state index is 10.1. The van der Waals surface area contributed by atoms with E-state index in [2.05, 4.69) is 9.97 Å². The minimum atomic E-state index is -0.631. The lowest BCUT2D eigenvalue weighted by atomic mass is 11.0. The Bertz CT molecular complexity index is 320. The largest absolute Gasteiger partial charge is 0.443 e. The summed E-state index contributed by atoms with van der Waals surface area (Å²) in [6.45, 7) is 0. The molecule has 0 saturated heterocycles. The Kier molecular flexibility index (Phi) is 3.84. The van der Waals surface area contributed by atoms with Gasteiger partial charge in [0.25, 0.3) is 6.26 Å². The van der Waals surface area contributed by atoms with E-state index in [4.69, 9.17) is 10.4 Å². The van der Waals surface area contributed by atoms with Crippen molar-refractivity contribution in [3.05, 3.63) is 27.3 Å². The van der Waals surface area contributed by atoms with Gasteiger partial charge in [-0.25, -0.2) is 9.59 Å². The molecule has 7 heteroatoms. The van der Waals surface area contributed by atoms with Crippen LogP contribution < -0.4 is 11.4 Å². The summed E-state index contributed by atoms with van der Waals surface area (Å²) in [6.07, 6.45) is 1.79. The molecule has 0 amide bonds. The van der Waals surface area contributed by atoms with Gasteiger partial charge in [-0.1, -0.05) is 0 Å². The smallest absolute Gasteiger partial charge is 0.350 e. The maximum absolute atomic E-state index is 10.1. The van der Waals surface area contributed by atoms with Gasteiger partial charge in [0.2, 0.25) is 0 Å². The first-order chi connectivity index (χ1) is 5.20. The first-order valence-electron chi connectivity index (χ1n) is 2.38. The van der Waals surface area contributed by atoms with Crippen molar-refractivity contribution in [3.8, 4) is 6.26 Å². The highest BCUT2D eigenvalue weighted by Crippen LogP contribution is 1.40. The second-order valence-electron chi connectivity index (χ2n) is 1.26. The van der Waals surface area contributed by atoms with Gasteiger partial charge in [-0.2, -0.15) is 10.2 Å². The van der Waals surface area contributed by atoms with Gasteiger partial charge in [0, 0.05) is 0 Å². The van der Waals surface area contributed by atoms with E-state index < -0.39 is 11.4 Å². The predicted molar refractivity (Wildman–Crippen MR) is 33.0 cm³/mol. The van der Waals surface area contributed by atoms with E-state index in [1.165, 1.54) is 0 Å². The third-order valence-electron chi connectivity index (χ3n) is 0.598. The number of nitriles is 1. The zero-order chi connectivity index (χ0) is 8.69. The van der Waals surface area contributed by atoms with Crippen molar-refractivity contribution in [1.29, 1.82) is 5.26 Å². The summed E-state index contributed by atoms with van der Waals surface area (Å²) < 4.78 is 0. The van der Waals surface area contributed by atoms with E-state index >= 15 is 0 Å². The van der Waals surface area contributed by atoms with Crippen LogP contribution in [0.1, 0.15) is 0 Å². The van der Waals surface area contributed by atoms with E-state index in [-0.39, 0.29) is 0 Å². The molecule has 7 nitrogen and oxygen atoms in total. The van der Waals surface area contributed by atoms with Crippen molar-refractivity contribution < 1.29 is 5.11 Å². The summed E-state index contributed by atoms with van der Waals surface area (Å²) in [5.41, 5.74) is -1.17. The fourth-order valence-electron chi connectivity index (χ4n) is 0.315. The van der Waals surface area contributed by atoms with Crippen molar-refractivity contribution in [3.63, 3.8) is 0 Å². The zero-order valence-corrected chi connectivity index (χ0v) is 5.24. The average molecular weight is 156 g/mol. The Balaban J connectivity index is 0.000000292. The predicted octanol–water partition coefficient (Wildman–Crippen LogP) is -1.70. The Morgan fingerprint density at radius 2 is 2.18 bits per heavy atom. The third kappa shape index (κ3) is 4.41. The van der Waals surface area contributed by atoms with Gasteiger partial charge < -0.3 is 5.11 Å². The van der Waals surface area contributed by atoms with Crippen LogP contribution in [-0.2, 0) is 0 Å². The van der Waals surface area contributed by atoms with Crippen LogP contribution in [0.5, 0.6) is 0 Å². The van der Waals surface area contributed by atoms with E-state index in [1.807, 2.05) is 4.98 Å². The summed E-state index contributed by atoms with van der Waals surface area (Å²) in [6, 6.07) is 0. The number of hydrogen-bond donors (Lipinski definition) is 3. The summed E-state index contributed by atoms with van der Waals surface area (Å²) in [5.74, 6) is 0. The Labute approximate surface area is 60.0 Å². The molecule has 1 heterocycles. The maximum Gasteiger partial charge on any atom is 0.350 e. The number of aromatic nitrogens is 3. The monoisotopic (exact) mass is 156 g/mol. The SMILES string of the molecule is N#CO.O=c1nc[nH]c(=O)[nH]1. The molecule has 0 spiro atoms. The number of rotatable bonds is 0. The Morgan fingerprint density at radius 3 is 2.45 bits per heavy atom. The molecule has 0 unspecified atom stereocenters. The fourth-order valence-corrected chi connectivity index (χ4v) is 0.315. The third-order valence-corrected chi connectivity index (χ3v) is 0.598. The highest BCUT2D eigenvalue weighted by atomic mass is 16.2. The number of nitrogens with zero attached hydrogens (tertiary/aromatic N) is 2. The van der Waals surface area contributed by atoms with E-state index in [0.717, 1.165) is 12.6 Å². The molecule has 0 aromatic carbocycles. The van der Waals surface area contributed by atoms with E-state index in [0.29, 0.717) is 0 Å². The van der Waals surface area contributed by atoms with Crippen LogP contribution in [0.15, 0.2) is 15.9 Å². The van der Waals surface area contributed by atoms with Crippen molar-refractivity contribution in [1.82, 2.24) is 15.0 Å². The second-order valence-corrected chi connectivity index (χ2v) is 1.26. The van der Waals surface area contributed by atoms with Gasteiger partial charge in [-0.15, -0.1) is 0 Å². The molecule has 0 fully saturated rings. The minimum Gasteiger partial charge on any atom is -0.443 e. The van der Waals surface area contributed by atoms with Crippen molar-refractivity contribution in [2.24, 2.45) is 0 Å². The molecule has 0 radical (unpaired) electrons. The number of H-pyrrole nitrogens is 2. The molecular formula is C4H4N4O3. The average Bonchev–Trinajstić information content (AvgIpc) is 1.88. The molecule has 0 aliphatic rings. The van der Waals surface area contributed by atoms with Gasteiger partial charge >= 0.3 is 11.4 Å². The minimum absolute atomic E-state index is 0.537. The lowest BCUT2D eigenvalue weighted by molar-refractivity contribution is 0.503. The summed E-state index contributed by atoms with van der Waals surface area (Å²) in [5, 5.41) is 13.8. The van der Waals surface area contributed by atoms with Crippen LogP contribution in [0, 0.1) is 11.5 Å². The van der Waals surface area contributed by atoms with Crippen LogP contribution in [0.2, 0.25) is 0 Å². The van der Waals surface area contributed by atoms with Crippen LogP contribution in [0.25, 0.3) is 0 Å². The van der Waals surface area contributed by atoms with E-state index in [9.17, 15) is 9.59 Å². The molecule has 0 atom stereocenters. The highest BCUT2D eigenvalue weighted by Gasteiger charge is 1.79. The lowest BCUT2D eigenvalue weighted by Crippen LogP contribution is -2.22. The number of aliphatic hydroxyl groups excluding tert-OH is 1. The van der Waals surface area contributed by atoms with Crippen LogP contribution in [0.3, 0.4) is 0 Å². The van der Waals surface area contributed by atoms with Gasteiger partial charge in [0.05, 0.1) is 0 Å². The van der Waals surface area contributed by atoms with E-state index in [1.54, 1.807) is 0 Å². The highest BCUT2D eigenvalue weighted by molar-refractivity contribution is 4.57. The number of nitrogens with one attached hydrogen (secondary N) is 2. The van der Waals surface area contributed by atoms with Gasteiger partial charge in [0.1, 0.15) is 6.33 Å². The molecule has 11 heavy (non-hydrogen) atoms. The summed E-state index contributed by atoms with van der Waals surface area (Å²) >= 11 is 0. The molecule has 1 aromatic rings. The molecule has 0 aliphatic heterocycles. The lowest BCUT2D eigenvalue weighted by Gasteiger charge is -1.74.